The van der Waals surface area contributed by atoms with Crippen molar-refractivity contribution in [1.82, 2.24) is 9.78 Å². The van der Waals surface area contributed by atoms with E-state index in [4.69, 9.17) is 9.47 Å². The van der Waals surface area contributed by atoms with Gasteiger partial charge in [-0.1, -0.05) is 18.2 Å². The molecule has 0 spiro atoms. The van der Waals surface area contributed by atoms with Crippen LogP contribution in [0.25, 0.3) is 11.8 Å². The zero-order valence-corrected chi connectivity index (χ0v) is 13.6. The number of aromatic nitrogens is 2. The van der Waals surface area contributed by atoms with Crippen molar-refractivity contribution in [3.8, 4) is 5.69 Å². The van der Waals surface area contributed by atoms with Gasteiger partial charge in [0.25, 0.3) is 0 Å². The van der Waals surface area contributed by atoms with Gasteiger partial charge >= 0.3 is 11.9 Å². The topological polar surface area (TPSA) is 70.4 Å². The minimum Gasteiger partial charge on any atom is -0.463 e. The molecule has 1 aliphatic rings. The summed E-state index contributed by atoms with van der Waals surface area (Å²) in [5.41, 5.74) is 3.53. The fraction of sp³-hybridized carbons (Fsp3) is 0.278. The highest BCUT2D eigenvalue weighted by Gasteiger charge is 2.29. The van der Waals surface area contributed by atoms with E-state index in [9.17, 15) is 9.59 Å². The molecule has 6 nitrogen and oxygen atoms in total. The third-order valence-corrected chi connectivity index (χ3v) is 3.88. The van der Waals surface area contributed by atoms with Crippen LogP contribution >= 0.6 is 0 Å². The molecule has 3 rings (SSSR count). The molecule has 0 saturated carbocycles. The van der Waals surface area contributed by atoms with Crippen LogP contribution in [0.15, 0.2) is 36.4 Å². The Morgan fingerprint density at radius 3 is 2.75 bits per heavy atom. The van der Waals surface area contributed by atoms with E-state index >= 15 is 0 Å². The Morgan fingerprint density at radius 2 is 2.08 bits per heavy atom. The highest BCUT2D eigenvalue weighted by Crippen LogP contribution is 2.19. The van der Waals surface area contributed by atoms with Gasteiger partial charge in [-0.05, 0) is 32.1 Å². The predicted molar refractivity (Wildman–Crippen MR) is 87.5 cm³/mol. The number of aryl methyl sites for hydroxylation is 1. The molecule has 0 aliphatic carbocycles. The van der Waals surface area contributed by atoms with Crippen LogP contribution in [0, 0.1) is 13.8 Å². The molecule has 0 N–H and O–H groups in total. The molecular formula is C18H18N2O4. The molecule has 2 aromatic rings. The van der Waals surface area contributed by atoms with Crippen molar-refractivity contribution < 1.29 is 19.1 Å². The first-order chi connectivity index (χ1) is 11.6. The smallest absolute Gasteiger partial charge is 0.347 e. The standard InChI is InChI=1S/C18H18N2O4/c1-12-15(8-9-17(21)24-16-10-11-23-18(16)22)13(2)20(19-12)14-6-4-3-5-7-14/h3-9,16H,10-11H2,1-2H3/b9-8+/t16-/m1/s1. The van der Waals surface area contributed by atoms with Gasteiger partial charge in [0.05, 0.1) is 18.0 Å². The fourth-order valence-corrected chi connectivity index (χ4v) is 2.63. The predicted octanol–water partition coefficient (Wildman–Crippen LogP) is 2.36. The number of rotatable bonds is 4. The summed E-state index contributed by atoms with van der Waals surface area (Å²) in [4.78, 5) is 23.2. The molecule has 1 saturated heterocycles. The van der Waals surface area contributed by atoms with Gasteiger partial charge in [0.1, 0.15) is 0 Å². The van der Waals surface area contributed by atoms with Gasteiger partial charge in [0.2, 0.25) is 6.10 Å². The number of carbonyl (C=O) groups excluding carboxylic acids is 2. The molecular weight excluding hydrogens is 308 g/mol. The summed E-state index contributed by atoms with van der Waals surface area (Å²) in [5.74, 6) is -1.05. The molecule has 124 valence electrons. The Kier molecular flexibility index (Phi) is 4.46. The third-order valence-electron chi connectivity index (χ3n) is 3.88. The highest BCUT2D eigenvalue weighted by molar-refractivity contribution is 5.90. The molecule has 0 radical (unpaired) electrons. The summed E-state index contributed by atoms with van der Waals surface area (Å²) in [7, 11) is 0. The second kappa shape index (κ2) is 6.70. The first-order valence-electron chi connectivity index (χ1n) is 7.73. The third kappa shape index (κ3) is 3.22. The maximum absolute atomic E-state index is 11.9. The van der Waals surface area contributed by atoms with Gasteiger partial charge in [0.15, 0.2) is 0 Å². The molecule has 1 aliphatic heterocycles. The number of nitrogens with zero attached hydrogens (tertiary/aromatic N) is 2. The summed E-state index contributed by atoms with van der Waals surface area (Å²) in [6.45, 7) is 4.11. The largest absolute Gasteiger partial charge is 0.463 e. The number of para-hydroxylation sites is 1. The van der Waals surface area contributed by atoms with Crippen molar-refractivity contribution in [2.24, 2.45) is 0 Å². The Labute approximate surface area is 139 Å². The summed E-state index contributed by atoms with van der Waals surface area (Å²) < 4.78 is 11.7. The molecule has 0 unspecified atom stereocenters. The molecule has 2 heterocycles. The maximum atomic E-state index is 11.9. The number of hydrogen-bond acceptors (Lipinski definition) is 5. The average molecular weight is 326 g/mol. The molecule has 1 aromatic heterocycles. The van der Waals surface area contributed by atoms with Crippen LogP contribution in [0.4, 0.5) is 0 Å². The average Bonchev–Trinajstić information content (AvgIpc) is 3.10. The molecule has 1 atom stereocenters. The van der Waals surface area contributed by atoms with Crippen molar-refractivity contribution in [3.63, 3.8) is 0 Å². The zero-order valence-electron chi connectivity index (χ0n) is 13.6. The van der Waals surface area contributed by atoms with Crippen molar-refractivity contribution in [3.05, 3.63) is 53.4 Å². The molecule has 24 heavy (non-hydrogen) atoms. The van der Waals surface area contributed by atoms with Gasteiger partial charge in [-0.15, -0.1) is 0 Å². The second-order valence-electron chi connectivity index (χ2n) is 5.55. The van der Waals surface area contributed by atoms with Crippen LogP contribution in [-0.4, -0.2) is 34.4 Å². The van der Waals surface area contributed by atoms with E-state index in [0.29, 0.717) is 13.0 Å². The maximum Gasteiger partial charge on any atom is 0.347 e. The van der Waals surface area contributed by atoms with Crippen LogP contribution in [0.1, 0.15) is 23.4 Å². The molecule has 1 aromatic carbocycles. The minimum absolute atomic E-state index is 0.294. The number of cyclic esters (lactones) is 1. The summed E-state index contributed by atoms with van der Waals surface area (Å²) >= 11 is 0. The number of carbonyl (C=O) groups is 2. The Hall–Kier alpha value is -2.89. The lowest BCUT2D eigenvalue weighted by Gasteiger charge is -2.05. The molecule has 0 bridgehead atoms. The minimum atomic E-state index is -0.795. The molecule has 0 amide bonds. The summed E-state index contributed by atoms with van der Waals surface area (Å²) in [6, 6.07) is 9.76. The number of ether oxygens (including phenoxy) is 2. The summed E-state index contributed by atoms with van der Waals surface area (Å²) in [6.07, 6.45) is 2.59. The van der Waals surface area contributed by atoms with E-state index in [1.165, 1.54) is 6.08 Å². The van der Waals surface area contributed by atoms with Gasteiger partial charge < -0.3 is 9.47 Å². The number of esters is 2. The number of hydrogen-bond donors (Lipinski definition) is 0. The van der Waals surface area contributed by atoms with Crippen LogP contribution < -0.4 is 0 Å². The first kappa shape index (κ1) is 16.0. The fourth-order valence-electron chi connectivity index (χ4n) is 2.63. The monoisotopic (exact) mass is 326 g/mol. The lowest BCUT2D eigenvalue weighted by atomic mass is 10.2. The van der Waals surface area contributed by atoms with E-state index in [-0.39, 0.29) is 0 Å². The van der Waals surface area contributed by atoms with E-state index in [0.717, 1.165) is 22.6 Å². The van der Waals surface area contributed by atoms with Crippen LogP contribution in [0.3, 0.4) is 0 Å². The highest BCUT2D eigenvalue weighted by atomic mass is 16.6. The Bertz CT molecular complexity index is 793. The SMILES string of the molecule is Cc1nn(-c2ccccc2)c(C)c1/C=C/C(=O)O[C@@H]1CCOC1=O. The van der Waals surface area contributed by atoms with E-state index < -0.39 is 18.0 Å². The lowest BCUT2D eigenvalue weighted by molar-refractivity contribution is -0.156. The van der Waals surface area contributed by atoms with Crippen molar-refractivity contribution in [1.29, 1.82) is 0 Å². The van der Waals surface area contributed by atoms with Crippen LogP contribution in [0.2, 0.25) is 0 Å². The zero-order chi connectivity index (χ0) is 17.1. The summed E-state index contributed by atoms with van der Waals surface area (Å²) in [5, 5.41) is 4.51. The van der Waals surface area contributed by atoms with E-state index in [1.807, 2.05) is 48.9 Å². The Balaban J connectivity index is 1.76. The van der Waals surface area contributed by atoms with Crippen LogP contribution in [-0.2, 0) is 19.1 Å². The normalized spacial score (nSPS) is 17.2. The lowest BCUT2D eigenvalue weighted by Crippen LogP contribution is -2.21. The number of benzene rings is 1. The van der Waals surface area contributed by atoms with Crippen molar-refractivity contribution in [2.75, 3.05) is 6.61 Å². The van der Waals surface area contributed by atoms with E-state index in [2.05, 4.69) is 5.10 Å². The van der Waals surface area contributed by atoms with Crippen LogP contribution in [0.5, 0.6) is 0 Å². The quantitative estimate of drug-likeness (QED) is 0.637. The van der Waals surface area contributed by atoms with Gasteiger partial charge in [0, 0.05) is 23.8 Å². The van der Waals surface area contributed by atoms with E-state index in [1.54, 1.807) is 6.08 Å². The van der Waals surface area contributed by atoms with Gasteiger partial charge in [-0.25, -0.2) is 14.3 Å². The van der Waals surface area contributed by atoms with Gasteiger partial charge in [-0.3, -0.25) is 0 Å². The first-order valence-corrected chi connectivity index (χ1v) is 7.73. The molecule has 6 heteroatoms. The van der Waals surface area contributed by atoms with Crippen molar-refractivity contribution in [2.45, 2.75) is 26.4 Å². The Morgan fingerprint density at radius 1 is 1.33 bits per heavy atom. The molecule has 1 fully saturated rings. The second-order valence-corrected chi connectivity index (χ2v) is 5.55. The van der Waals surface area contributed by atoms with Gasteiger partial charge in [-0.2, -0.15) is 5.10 Å². The van der Waals surface area contributed by atoms with Crippen molar-refractivity contribution >= 4 is 18.0 Å².